The van der Waals surface area contributed by atoms with Gasteiger partial charge in [0.1, 0.15) is 9.84 Å². The monoisotopic (exact) mass is 265 g/mol. The fourth-order valence-electron chi connectivity index (χ4n) is 1.12. The molecule has 6 nitrogen and oxygen atoms in total. The van der Waals surface area contributed by atoms with Crippen molar-refractivity contribution >= 4 is 32.2 Å². The Morgan fingerprint density at radius 3 is 2.69 bits per heavy atom. The van der Waals surface area contributed by atoms with Gasteiger partial charge in [-0.25, -0.2) is 8.42 Å². The van der Waals surface area contributed by atoms with Crippen LogP contribution in [-0.4, -0.2) is 45.5 Å². The topological polar surface area (TPSA) is 85.5 Å². The summed E-state index contributed by atoms with van der Waals surface area (Å²) in [5.74, 6) is 0.916. The maximum absolute atomic E-state index is 11.0. The number of methoxy groups -OCH3 is 1. The van der Waals surface area contributed by atoms with Crippen molar-refractivity contribution in [2.24, 2.45) is 0 Å². The van der Waals surface area contributed by atoms with E-state index in [1.54, 1.807) is 11.9 Å². The molecule has 0 saturated carbocycles. The Morgan fingerprint density at radius 1 is 1.56 bits per heavy atom. The highest BCUT2D eigenvalue weighted by Gasteiger charge is 2.16. The molecule has 1 aromatic heterocycles. The second kappa shape index (κ2) is 4.88. The molecule has 0 atom stereocenters. The molecule has 0 spiro atoms. The van der Waals surface area contributed by atoms with Gasteiger partial charge in [-0.2, -0.15) is 4.37 Å². The Kier molecular flexibility index (Phi) is 3.98. The molecule has 92 valence electrons. The molecular weight excluding hydrogens is 250 g/mol. The van der Waals surface area contributed by atoms with Crippen LogP contribution >= 0.6 is 11.5 Å². The number of hydrogen-bond acceptors (Lipinski definition) is 7. The van der Waals surface area contributed by atoms with Crippen LogP contribution in [0.3, 0.4) is 0 Å². The number of hydrogen-bond donors (Lipinski definition) is 1. The number of ether oxygens (including phenoxy) is 1. The molecule has 1 rings (SSSR count). The number of nitrogen functional groups attached to an aromatic ring is 1. The predicted molar refractivity (Wildman–Crippen MR) is 66.1 cm³/mol. The maximum Gasteiger partial charge on any atom is 0.197 e. The van der Waals surface area contributed by atoms with E-state index in [-0.39, 0.29) is 5.75 Å². The van der Waals surface area contributed by atoms with E-state index in [1.165, 1.54) is 24.9 Å². The van der Waals surface area contributed by atoms with Crippen LogP contribution in [0.15, 0.2) is 0 Å². The molecule has 1 heterocycles. The van der Waals surface area contributed by atoms with Crippen LogP contribution < -0.4 is 15.4 Å². The van der Waals surface area contributed by atoms with E-state index in [2.05, 4.69) is 4.37 Å². The Balaban J connectivity index is 2.77. The molecule has 0 aromatic carbocycles. The fraction of sp³-hybridized carbons (Fsp3) is 0.625. The number of nitrogens with two attached hydrogens (primary N) is 1. The van der Waals surface area contributed by atoms with E-state index in [0.717, 1.165) is 5.00 Å². The van der Waals surface area contributed by atoms with Crippen molar-refractivity contribution in [3.63, 3.8) is 0 Å². The van der Waals surface area contributed by atoms with E-state index < -0.39 is 9.84 Å². The molecule has 0 aliphatic rings. The van der Waals surface area contributed by atoms with Gasteiger partial charge < -0.3 is 15.4 Å². The molecule has 1 aromatic rings. The Morgan fingerprint density at radius 2 is 2.19 bits per heavy atom. The van der Waals surface area contributed by atoms with Gasteiger partial charge in [0, 0.05) is 19.8 Å². The standard InChI is InChI=1S/C8H15N3O3S2/c1-11(4-5-16(3,12)13)8-6(14-2)7(9)10-15-8/h4-5H2,1-3H3,(H2,9,10). The molecule has 0 bridgehead atoms. The third-order valence-electron chi connectivity index (χ3n) is 2.01. The number of aromatic nitrogens is 1. The van der Waals surface area contributed by atoms with Crippen molar-refractivity contribution in [1.29, 1.82) is 0 Å². The summed E-state index contributed by atoms with van der Waals surface area (Å²) in [4.78, 5) is 1.77. The quantitative estimate of drug-likeness (QED) is 0.819. The molecule has 0 fully saturated rings. The largest absolute Gasteiger partial charge is 0.490 e. The third-order valence-corrected chi connectivity index (χ3v) is 3.89. The minimum absolute atomic E-state index is 0.0878. The lowest BCUT2D eigenvalue weighted by atomic mass is 10.5. The van der Waals surface area contributed by atoms with Gasteiger partial charge in [0.2, 0.25) is 0 Å². The van der Waals surface area contributed by atoms with Crippen LogP contribution in [-0.2, 0) is 9.84 Å². The third kappa shape index (κ3) is 3.24. The SMILES string of the molecule is COc1c(N)nsc1N(C)CCS(C)(=O)=O. The average molecular weight is 265 g/mol. The van der Waals surface area contributed by atoms with E-state index in [4.69, 9.17) is 10.5 Å². The van der Waals surface area contributed by atoms with Gasteiger partial charge in [-0.05, 0) is 11.5 Å². The lowest BCUT2D eigenvalue weighted by Crippen LogP contribution is -2.24. The first-order valence-electron chi connectivity index (χ1n) is 4.53. The summed E-state index contributed by atoms with van der Waals surface area (Å²) < 4.78 is 31.1. The number of anilines is 2. The summed E-state index contributed by atoms with van der Waals surface area (Å²) in [5.41, 5.74) is 5.60. The van der Waals surface area contributed by atoms with Gasteiger partial charge in [-0.3, -0.25) is 0 Å². The van der Waals surface area contributed by atoms with Gasteiger partial charge in [0.15, 0.2) is 16.6 Å². The summed E-state index contributed by atoms with van der Waals surface area (Å²) in [6.07, 6.45) is 1.21. The lowest BCUT2D eigenvalue weighted by molar-refractivity contribution is 0.418. The van der Waals surface area contributed by atoms with Gasteiger partial charge in [0.05, 0.1) is 12.9 Å². The van der Waals surface area contributed by atoms with Crippen molar-refractivity contribution in [3.05, 3.63) is 0 Å². The van der Waals surface area contributed by atoms with E-state index >= 15 is 0 Å². The minimum Gasteiger partial charge on any atom is -0.490 e. The van der Waals surface area contributed by atoms with Crippen LogP contribution in [0.1, 0.15) is 0 Å². The van der Waals surface area contributed by atoms with Crippen molar-refractivity contribution < 1.29 is 13.2 Å². The summed E-state index contributed by atoms with van der Waals surface area (Å²) in [6.45, 7) is 0.386. The Labute approximate surface area is 99.1 Å². The summed E-state index contributed by atoms with van der Waals surface area (Å²) in [5, 5.41) is 0.739. The first kappa shape index (κ1) is 13.0. The highest BCUT2D eigenvalue weighted by Crippen LogP contribution is 2.36. The number of sulfone groups is 1. The zero-order chi connectivity index (χ0) is 12.3. The summed E-state index contributed by atoms with van der Waals surface area (Å²) in [7, 11) is 0.317. The Bertz CT molecular complexity index is 455. The molecule has 0 saturated heterocycles. The van der Waals surface area contributed by atoms with Gasteiger partial charge in [-0.15, -0.1) is 0 Å². The molecule has 2 N–H and O–H groups in total. The average Bonchev–Trinajstić information content (AvgIpc) is 2.54. The predicted octanol–water partition coefficient (Wildman–Crippen LogP) is 0.215. The molecule has 0 aliphatic heterocycles. The first-order chi connectivity index (χ1) is 7.35. The molecule has 0 unspecified atom stereocenters. The second-order valence-corrected chi connectivity index (χ2v) is 6.47. The highest BCUT2D eigenvalue weighted by molar-refractivity contribution is 7.90. The molecule has 0 amide bonds. The Hall–Kier alpha value is -1.02. The van der Waals surface area contributed by atoms with Gasteiger partial charge in [-0.1, -0.05) is 0 Å². The summed E-state index contributed by atoms with van der Waals surface area (Å²) in [6, 6.07) is 0. The number of rotatable bonds is 5. The van der Waals surface area contributed by atoms with Crippen LogP contribution in [0.4, 0.5) is 10.8 Å². The van der Waals surface area contributed by atoms with Gasteiger partial charge >= 0.3 is 0 Å². The first-order valence-corrected chi connectivity index (χ1v) is 7.36. The van der Waals surface area contributed by atoms with Gasteiger partial charge in [0.25, 0.3) is 0 Å². The van der Waals surface area contributed by atoms with Crippen molar-refractivity contribution in [1.82, 2.24) is 4.37 Å². The van der Waals surface area contributed by atoms with Crippen molar-refractivity contribution in [2.45, 2.75) is 0 Å². The minimum atomic E-state index is -2.97. The van der Waals surface area contributed by atoms with Crippen LogP contribution in [0.5, 0.6) is 5.75 Å². The fourth-order valence-corrected chi connectivity index (χ4v) is 2.50. The van der Waals surface area contributed by atoms with Crippen LogP contribution in [0.2, 0.25) is 0 Å². The van der Waals surface area contributed by atoms with Crippen LogP contribution in [0.25, 0.3) is 0 Å². The summed E-state index contributed by atoms with van der Waals surface area (Å²) >= 11 is 1.19. The smallest absolute Gasteiger partial charge is 0.197 e. The van der Waals surface area contributed by atoms with E-state index in [1.807, 2.05) is 0 Å². The van der Waals surface area contributed by atoms with Crippen molar-refractivity contribution in [3.8, 4) is 5.75 Å². The molecule has 0 radical (unpaired) electrons. The number of nitrogens with zero attached hydrogens (tertiary/aromatic N) is 2. The lowest BCUT2D eigenvalue weighted by Gasteiger charge is -2.17. The van der Waals surface area contributed by atoms with E-state index in [9.17, 15) is 8.42 Å². The van der Waals surface area contributed by atoms with E-state index in [0.29, 0.717) is 18.1 Å². The molecular formula is C8H15N3O3S2. The van der Waals surface area contributed by atoms with Crippen molar-refractivity contribution in [2.75, 3.05) is 43.3 Å². The molecule has 8 heteroatoms. The molecule has 0 aliphatic carbocycles. The second-order valence-electron chi connectivity index (χ2n) is 3.46. The molecule has 16 heavy (non-hydrogen) atoms. The zero-order valence-corrected chi connectivity index (χ0v) is 11.1. The zero-order valence-electron chi connectivity index (χ0n) is 9.43. The normalized spacial score (nSPS) is 11.4. The maximum atomic E-state index is 11.0. The highest BCUT2D eigenvalue weighted by atomic mass is 32.2. The van der Waals surface area contributed by atoms with Crippen LogP contribution in [0, 0.1) is 0 Å².